The quantitative estimate of drug-likeness (QED) is 0.847. The lowest BCUT2D eigenvalue weighted by Crippen LogP contribution is -2.33. The minimum Gasteiger partial charge on any atom is -0.316 e. The van der Waals surface area contributed by atoms with Crippen LogP contribution >= 0.6 is 0 Å². The Balaban J connectivity index is 1.84. The van der Waals surface area contributed by atoms with Crippen LogP contribution < -0.4 is 10.0 Å². The maximum atomic E-state index is 13.6. The van der Waals surface area contributed by atoms with Crippen molar-refractivity contribution < 1.29 is 12.8 Å². The Labute approximate surface area is 106 Å². The average molecular weight is 270 g/mol. The molecule has 0 spiro atoms. The number of piperidine rings is 1. The van der Waals surface area contributed by atoms with Crippen LogP contribution in [0, 0.1) is 24.6 Å². The first-order valence-electron chi connectivity index (χ1n) is 5.98. The lowest BCUT2D eigenvalue weighted by Gasteiger charge is -2.10. The number of halogens is 1. The molecule has 0 radical (unpaired) electrons. The third kappa shape index (κ3) is 1.94. The van der Waals surface area contributed by atoms with Gasteiger partial charge in [-0.3, -0.25) is 0 Å². The lowest BCUT2D eigenvalue weighted by atomic mass is 10.2. The number of hydrogen-bond donors (Lipinski definition) is 2. The van der Waals surface area contributed by atoms with Crippen molar-refractivity contribution in [1.29, 1.82) is 0 Å². The van der Waals surface area contributed by atoms with Gasteiger partial charge in [-0.25, -0.2) is 17.5 Å². The summed E-state index contributed by atoms with van der Waals surface area (Å²) in [4.78, 5) is -0.250. The van der Waals surface area contributed by atoms with Crippen molar-refractivity contribution in [3.63, 3.8) is 0 Å². The van der Waals surface area contributed by atoms with Crippen molar-refractivity contribution in [2.45, 2.75) is 17.9 Å². The normalized spacial score (nSPS) is 30.2. The van der Waals surface area contributed by atoms with Gasteiger partial charge < -0.3 is 5.32 Å². The second kappa shape index (κ2) is 4.01. The summed E-state index contributed by atoms with van der Waals surface area (Å²) < 4.78 is 40.4. The number of hydrogen-bond acceptors (Lipinski definition) is 3. The fourth-order valence-electron chi connectivity index (χ4n) is 2.65. The van der Waals surface area contributed by atoms with E-state index in [9.17, 15) is 12.8 Å². The molecule has 3 rings (SSSR count). The molecule has 2 aliphatic rings. The number of nitrogens with one attached hydrogen (secondary N) is 2. The predicted molar refractivity (Wildman–Crippen MR) is 65.1 cm³/mol. The van der Waals surface area contributed by atoms with Crippen LogP contribution in [0.2, 0.25) is 0 Å². The smallest absolute Gasteiger partial charge is 0.243 e. The second-order valence-electron chi connectivity index (χ2n) is 5.07. The summed E-state index contributed by atoms with van der Waals surface area (Å²) >= 11 is 0. The Morgan fingerprint density at radius 2 is 2.00 bits per heavy atom. The highest BCUT2D eigenvalue weighted by Gasteiger charge is 2.54. The molecule has 1 saturated carbocycles. The van der Waals surface area contributed by atoms with Gasteiger partial charge in [-0.1, -0.05) is 6.07 Å². The largest absolute Gasteiger partial charge is 0.316 e. The summed E-state index contributed by atoms with van der Waals surface area (Å²) in [5, 5.41) is 3.19. The summed E-state index contributed by atoms with van der Waals surface area (Å²) in [5.41, 5.74) is 0.731. The van der Waals surface area contributed by atoms with E-state index in [0.29, 0.717) is 11.8 Å². The Morgan fingerprint density at radius 3 is 2.67 bits per heavy atom. The highest BCUT2D eigenvalue weighted by Crippen LogP contribution is 2.42. The molecule has 18 heavy (non-hydrogen) atoms. The molecule has 2 N–H and O–H groups in total. The standard InChI is InChI=1S/C12H15FN2O2S/c1-7-2-3-10(13)11(4-7)18(16,17)15-12-8-5-14-6-9(8)12/h2-4,8-9,12,14-15H,5-6H2,1H3. The predicted octanol–water partition coefficient (Wildman–Crippen LogP) is 0.630. The van der Waals surface area contributed by atoms with Crippen molar-refractivity contribution in [2.75, 3.05) is 13.1 Å². The van der Waals surface area contributed by atoms with Crippen LogP contribution in [0.4, 0.5) is 4.39 Å². The number of fused-ring (bicyclic) bond motifs is 1. The third-order valence-corrected chi connectivity index (χ3v) is 5.23. The first kappa shape index (κ1) is 12.1. The van der Waals surface area contributed by atoms with Crippen LogP contribution in [0.25, 0.3) is 0 Å². The van der Waals surface area contributed by atoms with Gasteiger partial charge in [0.05, 0.1) is 0 Å². The molecule has 1 aromatic rings. The van der Waals surface area contributed by atoms with E-state index in [4.69, 9.17) is 0 Å². The number of rotatable bonds is 3. The molecule has 0 bridgehead atoms. The number of sulfonamides is 1. The van der Waals surface area contributed by atoms with Gasteiger partial charge in [-0.05, 0) is 49.5 Å². The van der Waals surface area contributed by atoms with Crippen molar-refractivity contribution >= 4 is 10.0 Å². The molecular weight excluding hydrogens is 255 g/mol. The van der Waals surface area contributed by atoms with Crippen molar-refractivity contribution in [3.05, 3.63) is 29.6 Å². The lowest BCUT2D eigenvalue weighted by molar-refractivity contribution is 0.546. The Bertz CT molecular complexity index is 578. The molecule has 98 valence electrons. The molecular formula is C12H15FN2O2S. The summed E-state index contributed by atoms with van der Waals surface area (Å²) in [6, 6.07) is 4.09. The Morgan fingerprint density at radius 1 is 1.33 bits per heavy atom. The first-order valence-corrected chi connectivity index (χ1v) is 7.46. The minimum atomic E-state index is -3.75. The van der Waals surface area contributed by atoms with E-state index >= 15 is 0 Å². The van der Waals surface area contributed by atoms with Gasteiger partial charge in [-0.2, -0.15) is 0 Å². The van der Waals surface area contributed by atoms with Crippen molar-refractivity contribution in [2.24, 2.45) is 11.8 Å². The van der Waals surface area contributed by atoms with E-state index in [1.807, 2.05) is 0 Å². The zero-order valence-corrected chi connectivity index (χ0v) is 10.8. The maximum Gasteiger partial charge on any atom is 0.243 e. The number of benzene rings is 1. The van der Waals surface area contributed by atoms with Gasteiger partial charge in [0.1, 0.15) is 10.7 Å². The van der Waals surface area contributed by atoms with Crippen molar-refractivity contribution in [3.8, 4) is 0 Å². The van der Waals surface area contributed by atoms with E-state index in [0.717, 1.165) is 18.7 Å². The second-order valence-corrected chi connectivity index (χ2v) is 6.75. The van der Waals surface area contributed by atoms with Gasteiger partial charge in [0, 0.05) is 6.04 Å². The van der Waals surface area contributed by atoms with E-state index in [1.54, 1.807) is 13.0 Å². The van der Waals surface area contributed by atoms with Crippen LogP contribution in [-0.2, 0) is 10.0 Å². The SMILES string of the molecule is Cc1ccc(F)c(S(=O)(=O)NC2C3CNCC32)c1. The fraction of sp³-hybridized carbons (Fsp3) is 0.500. The molecule has 2 fully saturated rings. The van der Waals surface area contributed by atoms with Crippen LogP contribution in [0.1, 0.15) is 5.56 Å². The molecule has 1 saturated heterocycles. The molecule has 2 atom stereocenters. The van der Waals surface area contributed by atoms with Crippen LogP contribution in [-0.4, -0.2) is 27.5 Å². The minimum absolute atomic E-state index is 0.0313. The monoisotopic (exact) mass is 270 g/mol. The molecule has 4 nitrogen and oxygen atoms in total. The Hall–Kier alpha value is -0.980. The molecule has 1 heterocycles. The first-order chi connectivity index (χ1) is 8.49. The van der Waals surface area contributed by atoms with Crippen molar-refractivity contribution in [1.82, 2.24) is 10.0 Å². The molecule has 0 amide bonds. The highest BCUT2D eigenvalue weighted by atomic mass is 32.2. The molecule has 1 aliphatic carbocycles. The van der Waals surface area contributed by atoms with E-state index in [-0.39, 0.29) is 10.9 Å². The molecule has 0 aromatic heterocycles. The zero-order chi connectivity index (χ0) is 12.9. The molecule has 6 heteroatoms. The van der Waals surface area contributed by atoms with E-state index in [2.05, 4.69) is 10.0 Å². The molecule has 2 unspecified atom stereocenters. The van der Waals surface area contributed by atoms with E-state index in [1.165, 1.54) is 12.1 Å². The highest BCUT2D eigenvalue weighted by molar-refractivity contribution is 7.89. The summed E-state index contributed by atoms with van der Waals surface area (Å²) in [6.07, 6.45) is 0. The van der Waals surface area contributed by atoms with Gasteiger partial charge in [-0.15, -0.1) is 0 Å². The molecule has 1 aliphatic heterocycles. The maximum absolute atomic E-state index is 13.6. The number of aryl methyl sites for hydroxylation is 1. The van der Waals surface area contributed by atoms with Gasteiger partial charge >= 0.3 is 0 Å². The Kier molecular flexibility index (Phi) is 2.69. The van der Waals surface area contributed by atoms with Gasteiger partial charge in [0.15, 0.2) is 0 Å². The van der Waals surface area contributed by atoms with Gasteiger partial charge in [0.2, 0.25) is 10.0 Å². The van der Waals surface area contributed by atoms with Crippen LogP contribution in [0.3, 0.4) is 0 Å². The third-order valence-electron chi connectivity index (χ3n) is 3.76. The zero-order valence-electron chi connectivity index (χ0n) is 9.98. The summed E-state index contributed by atoms with van der Waals surface area (Å²) in [7, 11) is -3.75. The molecule has 1 aromatic carbocycles. The average Bonchev–Trinajstić information content (AvgIpc) is 2.77. The summed E-state index contributed by atoms with van der Waals surface area (Å²) in [5.74, 6) is 0.0392. The van der Waals surface area contributed by atoms with E-state index < -0.39 is 15.8 Å². The summed E-state index contributed by atoms with van der Waals surface area (Å²) in [6.45, 7) is 3.43. The van der Waals surface area contributed by atoms with Crippen LogP contribution in [0.5, 0.6) is 0 Å². The fourth-order valence-corrected chi connectivity index (χ4v) is 4.15. The topological polar surface area (TPSA) is 58.2 Å². The van der Waals surface area contributed by atoms with Gasteiger partial charge in [0.25, 0.3) is 0 Å². The van der Waals surface area contributed by atoms with Crippen LogP contribution in [0.15, 0.2) is 23.1 Å².